The smallest absolute Gasteiger partial charge is 0.265 e. The summed E-state index contributed by atoms with van der Waals surface area (Å²) in [5.41, 5.74) is 6.07. The highest BCUT2D eigenvalue weighted by molar-refractivity contribution is 5.97. The molecule has 3 N–H and O–H groups in total. The first kappa shape index (κ1) is 22.1. The third kappa shape index (κ3) is 5.58. The monoisotopic (exact) mass is 436 g/mol. The van der Waals surface area contributed by atoms with Crippen LogP contribution in [0, 0.1) is 11.8 Å². The molecule has 2 amide bonds. The highest BCUT2D eigenvalue weighted by Gasteiger charge is 2.35. The highest BCUT2D eigenvalue weighted by Crippen LogP contribution is 2.35. The summed E-state index contributed by atoms with van der Waals surface area (Å²) in [7, 11) is 0. The van der Waals surface area contributed by atoms with Crippen LogP contribution in [0.1, 0.15) is 37.7 Å². The van der Waals surface area contributed by atoms with Crippen molar-refractivity contribution in [2.45, 2.75) is 38.2 Å². The average Bonchev–Trinajstić information content (AvgIpc) is 3.66. The zero-order chi connectivity index (χ0) is 22.0. The summed E-state index contributed by atoms with van der Waals surface area (Å²) in [6, 6.07) is 3.74. The second-order valence-corrected chi connectivity index (χ2v) is 8.75. The number of hydrogen-bond donors (Lipinski definition) is 2. The van der Waals surface area contributed by atoms with Crippen molar-refractivity contribution < 1.29 is 23.1 Å². The van der Waals surface area contributed by atoms with Crippen LogP contribution in [0.25, 0.3) is 0 Å². The van der Waals surface area contributed by atoms with Gasteiger partial charge in [-0.2, -0.15) is 0 Å². The molecule has 31 heavy (non-hydrogen) atoms. The predicted molar refractivity (Wildman–Crippen MR) is 113 cm³/mol. The topological polar surface area (TPSA) is 87.9 Å². The number of nitrogens with two attached hydrogens (primary N) is 1. The predicted octanol–water partition coefficient (Wildman–Crippen LogP) is 2.38. The van der Waals surface area contributed by atoms with Crippen molar-refractivity contribution in [1.82, 2.24) is 4.90 Å². The van der Waals surface area contributed by atoms with Crippen LogP contribution < -0.4 is 16.0 Å². The summed E-state index contributed by atoms with van der Waals surface area (Å²) in [6.07, 6.45) is 1.86. The minimum absolute atomic E-state index is 0.0562. The van der Waals surface area contributed by atoms with E-state index in [4.69, 9.17) is 10.5 Å². The molecule has 0 aromatic heterocycles. The van der Waals surface area contributed by atoms with Gasteiger partial charge < -0.3 is 20.7 Å². The number of rotatable bonds is 10. The average molecular weight is 437 g/mol. The van der Waals surface area contributed by atoms with Crippen LogP contribution in [0.3, 0.4) is 0 Å². The molecular formula is C22H30F2N4O3. The van der Waals surface area contributed by atoms with Crippen LogP contribution in [0.2, 0.25) is 0 Å². The maximum absolute atomic E-state index is 13.8. The number of morpholine rings is 1. The molecule has 3 fully saturated rings. The summed E-state index contributed by atoms with van der Waals surface area (Å²) < 4.78 is 32.7. The fourth-order valence-electron chi connectivity index (χ4n) is 4.03. The van der Waals surface area contributed by atoms with Gasteiger partial charge in [-0.3, -0.25) is 14.5 Å². The lowest BCUT2D eigenvalue weighted by Crippen LogP contribution is -2.50. The number of anilines is 2. The molecule has 1 heterocycles. The molecule has 9 heteroatoms. The molecule has 0 spiro atoms. The number of nitrogens with zero attached hydrogens (tertiary/aromatic N) is 2. The van der Waals surface area contributed by atoms with E-state index in [9.17, 15) is 18.4 Å². The molecular weight excluding hydrogens is 406 g/mol. The lowest BCUT2D eigenvalue weighted by Gasteiger charge is -2.31. The molecule has 170 valence electrons. The van der Waals surface area contributed by atoms with Gasteiger partial charge in [0.05, 0.1) is 6.61 Å². The maximum Gasteiger partial charge on any atom is 0.265 e. The van der Waals surface area contributed by atoms with Gasteiger partial charge in [-0.1, -0.05) is 0 Å². The van der Waals surface area contributed by atoms with Gasteiger partial charge in [0, 0.05) is 43.1 Å². The van der Waals surface area contributed by atoms with Gasteiger partial charge in [0.15, 0.2) is 0 Å². The number of alkyl halides is 2. The summed E-state index contributed by atoms with van der Waals surface area (Å²) in [5, 5.41) is 2.68. The lowest BCUT2D eigenvalue weighted by molar-refractivity contribution is -0.125. The molecule has 4 rings (SSSR count). The molecule has 1 aromatic rings. The molecule has 2 saturated carbocycles. The van der Waals surface area contributed by atoms with E-state index in [1.807, 2.05) is 0 Å². The Kier molecular flexibility index (Phi) is 6.83. The molecule has 7 nitrogen and oxygen atoms in total. The Bertz CT molecular complexity index is 800. The van der Waals surface area contributed by atoms with E-state index in [0.717, 1.165) is 38.8 Å². The number of benzene rings is 1. The van der Waals surface area contributed by atoms with Gasteiger partial charge >= 0.3 is 0 Å². The van der Waals surface area contributed by atoms with E-state index < -0.39 is 12.5 Å². The number of hydrogen-bond acceptors (Lipinski definition) is 5. The molecule has 1 atom stereocenters. The summed E-state index contributed by atoms with van der Waals surface area (Å²) in [4.78, 5) is 28.7. The Morgan fingerprint density at radius 2 is 1.90 bits per heavy atom. The van der Waals surface area contributed by atoms with E-state index in [0.29, 0.717) is 30.7 Å². The van der Waals surface area contributed by atoms with Gasteiger partial charge in [0.1, 0.15) is 12.6 Å². The van der Waals surface area contributed by atoms with E-state index in [1.54, 1.807) is 6.07 Å². The fourth-order valence-corrected chi connectivity index (χ4v) is 4.03. The Morgan fingerprint density at radius 3 is 2.45 bits per heavy atom. The van der Waals surface area contributed by atoms with Crippen LogP contribution in [-0.4, -0.2) is 62.1 Å². The van der Waals surface area contributed by atoms with Crippen molar-refractivity contribution in [3.05, 3.63) is 23.8 Å². The highest BCUT2D eigenvalue weighted by atomic mass is 19.3. The van der Waals surface area contributed by atoms with Crippen molar-refractivity contribution in [3.8, 4) is 0 Å². The molecule has 1 saturated heterocycles. The lowest BCUT2D eigenvalue weighted by atomic mass is 10.1. The zero-order valence-electron chi connectivity index (χ0n) is 17.6. The number of ether oxygens (including phenoxy) is 1. The van der Waals surface area contributed by atoms with Crippen molar-refractivity contribution in [2.24, 2.45) is 17.6 Å². The van der Waals surface area contributed by atoms with Crippen LogP contribution in [-0.2, 0) is 14.3 Å². The molecule has 0 unspecified atom stereocenters. The Balaban J connectivity index is 1.50. The number of halogens is 2. The maximum atomic E-state index is 13.8. The largest absolute Gasteiger partial charge is 0.370 e. The van der Waals surface area contributed by atoms with Crippen molar-refractivity contribution >= 4 is 23.2 Å². The molecule has 2 aliphatic carbocycles. The summed E-state index contributed by atoms with van der Waals surface area (Å²) in [6.45, 7) is 2.37. The third-order valence-corrected chi connectivity index (χ3v) is 6.17. The molecule has 1 aromatic carbocycles. The first-order valence-corrected chi connectivity index (χ1v) is 11.0. The second kappa shape index (κ2) is 9.58. The molecule has 0 radical (unpaired) electrons. The van der Waals surface area contributed by atoms with Crippen LogP contribution in [0.4, 0.5) is 20.2 Å². The van der Waals surface area contributed by atoms with E-state index >= 15 is 0 Å². The molecule has 3 aliphatic rings. The van der Waals surface area contributed by atoms with Gasteiger partial charge in [0.25, 0.3) is 12.3 Å². The molecule has 0 bridgehead atoms. The summed E-state index contributed by atoms with van der Waals surface area (Å²) >= 11 is 0. The van der Waals surface area contributed by atoms with Crippen LogP contribution >= 0.6 is 0 Å². The zero-order valence-corrected chi connectivity index (χ0v) is 17.6. The number of carbonyl (C=O) groups excluding carboxylic acids is 2. The van der Waals surface area contributed by atoms with E-state index in [-0.39, 0.29) is 36.2 Å². The fraction of sp³-hybridized carbons (Fsp3) is 0.636. The van der Waals surface area contributed by atoms with Crippen molar-refractivity contribution in [3.63, 3.8) is 0 Å². The second-order valence-electron chi connectivity index (χ2n) is 8.75. The van der Waals surface area contributed by atoms with Gasteiger partial charge in [-0.05, 0) is 55.7 Å². The Hall–Kier alpha value is -2.10. The minimum atomic E-state index is -2.79. The number of nitrogens with one attached hydrogen (secondary N) is 1. The van der Waals surface area contributed by atoms with Gasteiger partial charge in [0.2, 0.25) is 5.91 Å². The van der Waals surface area contributed by atoms with Gasteiger partial charge in [-0.15, -0.1) is 0 Å². The number of amides is 2. The summed E-state index contributed by atoms with van der Waals surface area (Å²) in [5.74, 6) is 0.563. The van der Waals surface area contributed by atoms with Crippen LogP contribution in [0.15, 0.2) is 18.2 Å². The van der Waals surface area contributed by atoms with Crippen LogP contribution in [0.5, 0.6) is 0 Å². The van der Waals surface area contributed by atoms with Crippen molar-refractivity contribution in [1.29, 1.82) is 0 Å². The first-order chi connectivity index (χ1) is 15.0. The minimum Gasteiger partial charge on any atom is -0.370 e. The Labute approximate surface area is 180 Å². The standard InChI is InChI=1S/C22H30F2N4O3/c23-21(24)17-9-16(28-7-8-31-13-20(28)29)5-6-18(17)26-22(30)19(10-25)27(11-14-1-2-14)12-15-3-4-15/h5-6,9,14-15,19,21H,1-4,7-8,10-13,25H2,(H,26,30)/t19-/m1/s1. The van der Waals surface area contributed by atoms with E-state index in [2.05, 4.69) is 10.2 Å². The van der Waals surface area contributed by atoms with E-state index in [1.165, 1.54) is 17.0 Å². The number of carbonyl (C=O) groups is 2. The first-order valence-electron chi connectivity index (χ1n) is 11.0. The van der Waals surface area contributed by atoms with Crippen molar-refractivity contribution in [2.75, 3.05) is 49.6 Å². The van der Waals surface area contributed by atoms with Gasteiger partial charge in [-0.25, -0.2) is 8.78 Å². The quantitative estimate of drug-likeness (QED) is 0.588. The normalized spacial score (nSPS) is 20.4. The third-order valence-electron chi connectivity index (χ3n) is 6.17. The Morgan fingerprint density at radius 1 is 1.23 bits per heavy atom. The SMILES string of the molecule is NC[C@H](C(=O)Nc1ccc(N2CCOCC2=O)cc1C(F)F)N(CC1CC1)CC1CC1. The molecule has 1 aliphatic heterocycles.